The van der Waals surface area contributed by atoms with Crippen molar-refractivity contribution >= 4 is 34.8 Å². The molecule has 1 saturated carbocycles. The van der Waals surface area contributed by atoms with Crippen LogP contribution in [0.4, 0.5) is 5.69 Å². The third-order valence-electron chi connectivity index (χ3n) is 3.97. The molecule has 8 heteroatoms. The number of carbonyl (C=O) groups excluding carboxylic acids is 1. The number of nitrogens with two attached hydrogens (primary N) is 3. The molecule has 7 N–H and O–H groups in total. The second-order valence-corrected chi connectivity index (χ2v) is 6.77. The van der Waals surface area contributed by atoms with E-state index in [2.05, 4.69) is 5.32 Å². The van der Waals surface area contributed by atoms with Crippen LogP contribution in [0.2, 0.25) is 5.02 Å². The van der Waals surface area contributed by atoms with Crippen molar-refractivity contribution in [2.75, 3.05) is 5.73 Å². The Morgan fingerprint density at radius 2 is 1.88 bits per heavy atom. The van der Waals surface area contributed by atoms with Crippen LogP contribution in [-0.4, -0.2) is 18.1 Å². The summed E-state index contributed by atoms with van der Waals surface area (Å²) in [5.41, 5.74) is 17.2. The van der Waals surface area contributed by atoms with Gasteiger partial charge in [0.1, 0.15) is 5.75 Å². The standard InChI is InChI=1S/C17H22Cl2N4O2/c18-13-9-12(5-6-14(13)20)25-11-3-1-10(2-4-11)23-17(24)15(21)7-8-16(19)22/h5-11H,1-4,20-22H2,(H,23,24)/b15-7-,16-8-. The number of hydrogen-bond acceptors (Lipinski definition) is 5. The summed E-state index contributed by atoms with van der Waals surface area (Å²) < 4.78 is 5.93. The van der Waals surface area contributed by atoms with E-state index in [0.717, 1.165) is 25.7 Å². The number of amides is 1. The lowest BCUT2D eigenvalue weighted by molar-refractivity contribution is -0.118. The number of anilines is 1. The van der Waals surface area contributed by atoms with Crippen molar-refractivity contribution < 1.29 is 9.53 Å². The van der Waals surface area contributed by atoms with Crippen molar-refractivity contribution in [3.8, 4) is 5.75 Å². The van der Waals surface area contributed by atoms with Crippen LogP contribution in [-0.2, 0) is 4.79 Å². The SMILES string of the molecule is N/C(=C\C=C(/N)Cl)C(=O)NC1CCC(Oc2ccc(N)c(Cl)c2)CC1. The summed E-state index contributed by atoms with van der Waals surface area (Å²) in [6.45, 7) is 0. The fourth-order valence-electron chi connectivity index (χ4n) is 2.61. The summed E-state index contributed by atoms with van der Waals surface area (Å²) >= 11 is 11.5. The number of hydrogen-bond donors (Lipinski definition) is 4. The van der Waals surface area contributed by atoms with Gasteiger partial charge in [-0.1, -0.05) is 23.2 Å². The van der Waals surface area contributed by atoms with E-state index >= 15 is 0 Å². The lowest BCUT2D eigenvalue weighted by Crippen LogP contribution is -2.41. The van der Waals surface area contributed by atoms with Gasteiger partial charge in [0.25, 0.3) is 5.91 Å². The molecule has 0 atom stereocenters. The minimum absolute atomic E-state index is 0.0617. The van der Waals surface area contributed by atoms with E-state index in [9.17, 15) is 4.79 Å². The predicted octanol–water partition coefficient (Wildman–Crippen LogP) is 2.61. The number of halogens is 2. The zero-order valence-electron chi connectivity index (χ0n) is 13.7. The van der Waals surface area contributed by atoms with Crippen LogP contribution < -0.4 is 27.3 Å². The van der Waals surface area contributed by atoms with Gasteiger partial charge in [-0.2, -0.15) is 0 Å². The van der Waals surface area contributed by atoms with Crippen LogP contribution in [0, 0.1) is 0 Å². The highest BCUT2D eigenvalue weighted by atomic mass is 35.5. The van der Waals surface area contributed by atoms with Crippen LogP contribution in [0.15, 0.2) is 41.2 Å². The molecule has 1 aliphatic carbocycles. The topological polar surface area (TPSA) is 116 Å². The van der Waals surface area contributed by atoms with Gasteiger partial charge in [-0.05, 0) is 50.0 Å². The first-order valence-corrected chi connectivity index (χ1v) is 8.71. The highest BCUT2D eigenvalue weighted by Gasteiger charge is 2.24. The number of ether oxygens (including phenoxy) is 1. The first-order chi connectivity index (χ1) is 11.8. The van der Waals surface area contributed by atoms with Crippen molar-refractivity contribution in [2.24, 2.45) is 11.5 Å². The first-order valence-electron chi connectivity index (χ1n) is 7.96. The maximum absolute atomic E-state index is 12.0. The van der Waals surface area contributed by atoms with Crippen LogP contribution in [0.25, 0.3) is 0 Å². The fourth-order valence-corrected chi connectivity index (χ4v) is 2.85. The molecule has 0 bridgehead atoms. The van der Waals surface area contributed by atoms with Gasteiger partial charge in [-0.3, -0.25) is 4.79 Å². The molecule has 1 amide bonds. The second-order valence-electron chi connectivity index (χ2n) is 5.92. The average molecular weight is 385 g/mol. The molecular formula is C17H22Cl2N4O2. The largest absolute Gasteiger partial charge is 0.490 e. The Hall–Kier alpha value is -2.05. The van der Waals surface area contributed by atoms with Gasteiger partial charge < -0.3 is 27.3 Å². The molecule has 0 radical (unpaired) electrons. The molecule has 1 aromatic carbocycles. The maximum Gasteiger partial charge on any atom is 0.267 e. The monoisotopic (exact) mass is 384 g/mol. The van der Waals surface area contributed by atoms with Gasteiger partial charge in [0.2, 0.25) is 0 Å². The maximum atomic E-state index is 12.0. The Morgan fingerprint density at radius 1 is 1.20 bits per heavy atom. The quantitative estimate of drug-likeness (QED) is 0.269. The summed E-state index contributed by atoms with van der Waals surface area (Å²) in [4.78, 5) is 12.0. The Morgan fingerprint density at radius 3 is 2.48 bits per heavy atom. The van der Waals surface area contributed by atoms with Crippen molar-refractivity contribution in [3.05, 3.63) is 46.2 Å². The molecule has 136 valence electrons. The fraction of sp³-hybridized carbons (Fsp3) is 0.353. The summed E-state index contributed by atoms with van der Waals surface area (Å²) in [5.74, 6) is 0.369. The Kier molecular flexibility index (Phi) is 6.84. The number of benzene rings is 1. The highest BCUT2D eigenvalue weighted by molar-refractivity contribution is 6.33. The molecule has 1 fully saturated rings. The molecule has 6 nitrogen and oxygen atoms in total. The van der Waals surface area contributed by atoms with Crippen LogP contribution in [0.5, 0.6) is 5.75 Å². The third kappa shape index (κ3) is 6.07. The molecule has 0 heterocycles. The number of carbonyl (C=O) groups is 1. The summed E-state index contributed by atoms with van der Waals surface area (Å²) in [7, 11) is 0. The Balaban J connectivity index is 1.81. The Labute approximate surface area is 157 Å². The lowest BCUT2D eigenvalue weighted by Gasteiger charge is -2.29. The molecule has 0 aromatic heterocycles. The van der Waals surface area contributed by atoms with Gasteiger partial charge in [-0.15, -0.1) is 0 Å². The minimum atomic E-state index is -0.330. The summed E-state index contributed by atoms with van der Waals surface area (Å²) in [5, 5.41) is 3.45. The van der Waals surface area contributed by atoms with Gasteiger partial charge in [-0.25, -0.2) is 0 Å². The number of nitrogens with one attached hydrogen (secondary N) is 1. The van der Waals surface area contributed by atoms with E-state index in [1.165, 1.54) is 12.2 Å². The molecule has 25 heavy (non-hydrogen) atoms. The zero-order valence-corrected chi connectivity index (χ0v) is 15.2. The van der Waals surface area contributed by atoms with Crippen molar-refractivity contribution in [3.63, 3.8) is 0 Å². The zero-order chi connectivity index (χ0) is 18.4. The summed E-state index contributed by atoms with van der Waals surface area (Å²) in [6.07, 6.45) is 6.10. The lowest BCUT2D eigenvalue weighted by atomic mass is 9.93. The molecular weight excluding hydrogens is 363 g/mol. The van der Waals surface area contributed by atoms with Crippen LogP contribution in [0.3, 0.4) is 0 Å². The molecule has 2 rings (SSSR count). The molecule has 0 saturated heterocycles. The highest BCUT2D eigenvalue weighted by Crippen LogP contribution is 2.28. The van der Waals surface area contributed by atoms with E-state index in [0.29, 0.717) is 16.5 Å². The summed E-state index contributed by atoms with van der Waals surface area (Å²) in [6, 6.07) is 5.30. The van der Waals surface area contributed by atoms with Crippen LogP contribution in [0.1, 0.15) is 25.7 Å². The second kappa shape index (κ2) is 8.87. The van der Waals surface area contributed by atoms with Gasteiger partial charge in [0.05, 0.1) is 27.7 Å². The third-order valence-corrected chi connectivity index (χ3v) is 4.42. The van der Waals surface area contributed by atoms with E-state index in [4.69, 9.17) is 45.1 Å². The van der Waals surface area contributed by atoms with E-state index in [1.54, 1.807) is 18.2 Å². The van der Waals surface area contributed by atoms with E-state index < -0.39 is 0 Å². The van der Waals surface area contributed by atoms with Crippen molar-refractivity contribution in [1.29, 1.82) is 0 Å². The van der Waals surface area contributed by atoms with Gasteiger partial charge >= 0.3 is 0 Å². The van der Waals surface area contributed by atoms with E-state index in [-0.39, 0.29) is 28.9 Å². The van der Waals surface area contributed by atoms with Crippen LogP contribution >= 0.6 is 23.2 Å². The van der Waals surface area contributed by atoms with Crippen molar-refractivity contribution in [1.82, 2.24) is 5.32 Å². The Bertz CT molecular complexity index is 679. The van der Waals surface area contributed by atoms with Crippen molar-refractivity contribution in [2.45, 2.75) is 37.8 Å². The predicted molar refractivity (Wildman–Crippen MR) is 101 cm³/mol. The number of rotatable bonds is 5. The smallest absolute Gasteiger partial charge is 0.267 e. The number of nitrogen functional groups attached to an aromatic ring is 1. The molecule has 0 spiro atoms. The van der Waals surface area contributed by atoms with E-state index in [1.807, 2.05) is 0 Å². The minimum Gasteiger partial charge on any atom is -0.490 e. The van der Waals surface area contributed by atoms with Gasteiger partial charge in [0, 0.05) is 12.1 Å². The number of allylic oxidation sites excluding steroid dienone is 2. The average Bonchev–Trinajstić information content (AvgIpc) is 2.57. The normalized spacial score (nSPS) is 21.7. The molecule has 1 aromatic rings. The molecule has 0 aliphatic heterocycles. The first kappa shape index (κ1) is 19.3. The molecule has 1 aliphatic rings. The van der Waals surface area contributed by atoms with Gasteiger partial charge in [0.15, 0.2) is 0 Å². The molecule has 0 unspecified atom stereocenters.